The van der Waals surface area contributed by atoms with E-state index in [4.69, 9.17) is 16.3 Å². The molecule has 0 saturated carbocycles. The summed E-state index contributed by atoms with van der Waals surface area (Å²) in [5.74, 6) is -0.308. The molecule has 1 atom stereocenters. The molecule has 1 aromatic carbocycles. The molecule has 0 amide bonds. The minimum atomic E-state index is -0.509. The van der Waals surface area contributed by atoms with Gasteiger partial charge in [0.15, 0.2) is 0 Å². The fraction of sp³-hybridized carbons (Fsp3) is 0.364. The van der Waals surface area contributed by atoms with Crippen LogP contribution in [0.15, 0.2) is 30.3 Å². The third-order valence-electron chi connectivity index (χ3n) is 1.68. The average molecular weight is 292 g/mol. The summed E-state index contributed by atoms with van der Waals surface area (Å²) in [4.78, 5) is 11.2. The molecule has 1 unspecified atom stereocenters. The number of esters is 1. The third-order valence-corrected chi connectivity index (χ3v) is 4.75. The second kappa shape index (κ2) is 6.89. The van der Waals surface area contributed by atoms with Crippen LogP contribution >= 0.6 is 11.6 Å². The van der Waals surface area contributed by atoms with Crippen molar-refractivity contribution in [3.05, 3.63) is 30.3 Å². The Morgan fingerprint density at radius 3 is 2.73 bits per heavy atom. The molecule has 15 heavy (non-hydrogen) atoms. The summed E-state index contributed by atoms with van der Waals surface area (Å²) in [5.41, 5.74) is 0. The quantitative estimate of drug-likeness (QED) is 0.468. The summed E-state index contributed by atoms with van der Waals surface area (Å²) in [7, 11) is 0. The van der Waals surface area contributed by atoms with E-state index in [0.29, 0.717) is 11.9 Å². The van der Waals surface area contributed by atoms with Gasteiger partial charge in [-0.15, -0.1) is 0 Å². The summed E-state index contributed by atoms with van der Waals surface area (Å²) in [6, 6.07) is 10.1. The molecule has 0 N–H and O–H groups in total. The predicted molar refractivity (Wildman–Crippen MR) is 62.9 cm³/mol. The van der Waals surface area contributed by atoms with Gasteiger partial charge in [-0.1, -0.05) is 0 Å². The van der Waals surface area contributed by atoms with Crippen molar-refractivity contribution >= 4 is 37.0 Å². The van der Waals surface area contributed by atoms with Gasteiger partial charge < -0.3 is 0 Å². The number of benzene rings is 1. The average Bonchev–Trinajstić information content (AvgIpc) is 2.27. The summed E-state index contributed by atoms with van der Waals surface area (Å²) in [5, 5.41) is 0.169. The molecule has 0 aliphatic carbocycles. The van der Waals surface area contributed by atoms with E-state index < -0.39 is 5.38 Å². The van der Waals surface area contributed by atoms with E-state index in [1.807, 2.05) is 18.2 Å². The summed E-state index contributed by atoms with van der Waals surface area (Å²) < 4.78 is 6.08. The van der Waals surface area contributed by atoms with Crippen molar-refractivity contribution in [2.45, 2.75) is 17.6 Å². The van der Waals surface area contributed by atoms with E-state index in [0.717, 1.165) is 0 Å². The molecule has 82 valence electrons. The number of rotatable bonds is 5. The first kappa shape index (κ1) is 12.6. The SMILES string of the molecule is CCOC(=O)C(Cl)C[Se]c1ccccc1. The number of carbonyl (C=O) groups is 1. The van der Waals surface area contributed by atoms with E-state index in [2.05, 4.69) is 12.1 Å². The molecular formula is C11H13ClO2Se. The number of alkyl halides is 1. The van der Waals surface area contributed by atoms with Crippen molar-refractivity contribution in [2.24, 2.45) is 0 Å². The van der Waals surface area contributed by atoms with Gasteiger partial charge in [-0.25, -0.2) is 0 Å². The summed E-state index contributed by atoms with van der Waals surface area (Å²) in [6.07, 6.45) is 0. The maximum atomic E-state index is 11.2. The van der Waals surface area contributed by atoms with Gasteiger partial charge in [0.2, 0.25) is 0 Å². The van der Waals surface area contributed by atoms with E-state index in [1.165, 1.54) is 4.46 Å². The van der Waals surface area contributed by atoms with E-state index in [9.17, 15) is 4.79 Å². The molecule has 0 aliphatic rings. The van der Waals surface area contributed by atoms with Crippen LogP contribution in [0.4, 0.5) is 0 Å². The normalized spacial score (nSPS) is 12.1. The number of hydrogen-bond acceptors (Lipinski definition) is 2. The summed E-state index contributed by atoms with van der Waals surface area (Å²) in [6.45, 7) is 2.17. The zero-order chi connectivity index (χ0) is 11.1. The van der Waals surface area contributed by atoms with E-state index in [-0.39, 0.29) is 20.9 Å². The number of ether oxygens (including phenoxy) is 1. The van der Waals surface area contributed by atoms with Crippen molar-refractivity contribution in [1.29, 1.82) is 0 Å². The molecule has 0 heterocycles. The monoisotopic (exact) mass is 292 g/mol. The Morgan fingerprint density at radius 2 is 2.13 bits per heavy atom. The van der Waals surface area contributed by atoms with Crippen molar-refractivity contribution in [1.82, 2.24) is 0 Å². The molecular weight excluding hydrogens is 279 g/mol. The van der Waals surface area contributed by atoms with Gasteiger partial charge in [-0.05, 0) is 0 Å². The van der Waals surface area contributed by atoms with Gasteiger partial charge in [0.25, 0.3) is 0 Å². The molecule has 0 aliphatic heterocycles. The first-order valence-corrected chi connectivity index (χ1v) is 7.23. The van der Waals surface area contributed by atoms with Crippen LogP contribution in [0.5, 0.6) is 0 Å². The van der Waals surface area contributed by atoms with Crippen LogP contribution in [-0.4, -0.2) is 32.9 Å². The van der Waals surface area contributed by atoms with Crippen LogP contribution in [0.1, 0.15) is 6.92 Å². The first-order valence-electron chi connectivity index (χ1n) is 4.72. The van der Waals surface area contributed by atoms with Crippen molar-refractivity contribution < 1.29 is 9.53 Å². The van der Waals surface area contributed by atoms with Gasteiger partial charge in [0.1, 0.15) is 0 Å². The molecule has 4 heteroatoms. The molecule has 1 rings (SSSR count). The van der Waals surface area contributed by atoms with Crippen LogP contribution in [0.3, 0.4) is 0 Å². The van der Waals surface area contributed by atoms with Crippen LogP contribution in [-0.2, 0) is 9.53 Å². The maximum absolute atomic E-state index is 11.2. The molecule has 0 fully saturated rings. The Kier molecular flexibility index (Phi) is 5.77. The molecule has 0 radical (unpaired) electrons. The second-order valence-corrected chi connectivity index (χ2v) is 5.66. The van der Waals surface area contributed by atoms with E-state index in [1.54, 1.807) is 6.92 Å². The fourth-order valence-corrected chi connectivity index (χ4v) is 3.11. The van der Waals surface area contributed by atoms with Gasteiger partial charge in [0.05, 0.1) is 0 Å². The van der Waals surface area contributed by atoms with Gasteiger partial charge in [-0.3, -0.25) is 0 Å². The summed E-state index contributed by atoms with van der Waals surface area (Å²) >= 11 is 6.14. The molecule has 0 spiro atoms. The van der Waals surface area contributed by atoms with Crippen molar-refractivity contribution in [3.8, 4) is 0 Å². The number of halogens is 1. The number of carbonyl (C=O) groups excluding carboxylic acids is 1. The molecule has 1 aromatic rings. The Labute approximate surface area is 101 Å². The second-order valence-electron chi connectivity index (χ2n) is 2.84. The first-order chi connectivity index (χ1) is 7.24. The van der Waals surface area contributed by atoms with Crippen LogP contribution < -0.4 is 4.46 Å². The number of hydrogen-bond donors (Lipinski definition) is 0. The standard InChI is InChI=1S/C11H13ClO2Se/c1-2-14-11(13)10(12)8-15-9-6-4-3-5-7-9/h3-7,10H,2,8H2,1H3. The van der Waals surface area contributed by atoms with Crippen molar-refractivity contribution in [3.63, 3.8) is 0 Å². The van der Waals surface area contributed by atoms with Gasteiger partial charge in [-0.2, -0.15) is 0 Å². The van der Waals surface area contributed by atoms with Crippen LogP contribution in [0.2, 0.25) is 5.32 Å². The van der Waals surface area contributed by atoms with Gasteiger partial charge >= 0.3 is 101 Å². The van der Waals surface area contributed by atoms with Crippen molar-refractivity contribution in [2.75, 3.05) is 6.61 Å². The Bertz CT molecular complexity index is 303. The predicted octanol–water partition coefficient (Wildman–Crippen LogP) is 1.60. The Hall–Kier alpha value is -0.501. The zero-order valence-corrected chi connectivity index (χ0v) is 11.0. The van der Waals surface area contributed by atoms with Gasteiger partial charge in [0, 0.05) is 0 Å². The Morgan fingerprint density at radius 1 is 1.47 bits per heavy atom. The molecule has 0 saturated heterocycles. The fourth-order valence-electron chi connectivity index (χ4n) is 0.987. The van der Waals surface area contributed by atoms with E-state index >= 15 is 0 Å². The Balaban J connectivity index is 2.34. The van der Waals surface area contributed by atoms with Crippen LogP contribution in [0, 0.1) is 0 Å². The topological polar surface area (TPSA) is 26.3 Å². The molecule has 2 nitrogen and oxygen atoms in total. The molecule has 0 aromatic heterocycles. The zero-order valence-electron chi connectivity index (χ0n) is 8.48. The minimum absolute atomic E-state index is 0.237. The molecule has 0 bridgehead atoms. The van der Waals surface area contributed by atoms with Crippen LogP contribution in [0.25, 0.3) is 0 Å². The third kappa shape index (κ3) is 4.69.